The lowest BCUT2D eigenvalue weighted by Crippen LogP contribution is -2.38. The fourth-order valence-electron chi connectivity index (χ4n) is 3.82. The van der Waals surface area contributed by atoms with Crippen LogP contribution in [0.15, 0.2) is 29.5 Å². The van der Waals surface area contributed by atoms with Gasteiger partial charge in [0.1, 0.15) is 0 Å². The highest BCUT2D eigenvalue weighted by Crippen LogP contribution is 2.43. The molecule has 3 N–H and O–H groups in total. The van der Waals surface area contributed by atoms with Gasteiger partial charge in [-0.05, 0) is 42.9 Å². The first kappa shape index (κ1) is 16.6. The first-order valence-corrected chi connectivity index (χ1v) is 8.47. The molecule has 1 aromatic carbocycles. The summed E-state index contributed by atoms with van der Waals surface area (Å²) in [6, 6.07) is 5.62. The van der Waals surface area contributed by atoms with E-state index in [1.54, 1.807) is 13.1 Å². The molecular weight excluding hydrogens is 302 g/mol. The highest BCUT2D eigenvalue weighted by Gasteiger charge is 2.36. The number of Topliss-reactive ketones (excluding diaryl/α,β-unsaturated/α-hetero) is 1. The molecule has 0 bridgehead atoms. The van der Waals surface area contributed by atoms with Crippen molar-refractivity contribution in [3.8, 4) is 0 Å². The van der Waals surface area contributed by atoms with E-state index in [-0.39, 0.29) is 11.2 Å². The number of amides is 1. The Kier molecular flexibility index (Phi) is 4.11. The van der Waals surface area contributed by atoms with Gasteiger partial charge in [0.25, 0.3) is 5.91 Å². The molecule has 0 atom stereocenters. The predicted octanol–water partition coefficient (Wildman–Crippen LogP) is 3.07. The van der Waals surface area contributed by atoms with Crippen molar-refractivity contribution in [2.45, 2.75) is 39.5 Å². The van der Waals surface area contributed by atoms with Gasteiger partial charge >= 0.3 is 0 Å². The van der Waals surface area contributed by atoms with Gasteiger partial charge in [-0.1, -0.05) is 13.8 Å². The van der Waals surface area contributed by atoms with Crippen LogP contribution >= 0.6 is 0 Å². The molecule has 1 aromatic rings. The van der Waals surface area contributed by atoms with Crippen LogP contribution in [-0.2, 0) is 4.79 Å². The third-order valence-corrected chi connectivity index (χ3v) is 4.95. The average molecular weight is 327 g/mol. The molecule has 0 radical (unpaired) electrons. The van der Waals surface area contributed by atoms with Gasteiger partial charge in [-0.3, -0.25) is 9.59 Å². The number of nitrogens with one attached hydrogen (secondary N) is 1. The van der Waals surface area contributed by atoms with Crippen LogP contribution in [0.3, 0.4) is 0 Å². The summed E-state index contributed by atoms with van der Waals surface area (Å²) in [5.74, 6) is -0.160. The molecular formula is C19H25N3O2. The Balaban J connectivity index is 2.04. The molecule has 128 valence electrons. The number of hydrogen-bond acceptors (Lipinski definition) is 4. The normalized spacial score (nSPS) is 20.0. The second kappa shape index (κ2) is 5.96. The molecule has 1 amide bonds. The second-order valence-corrected chi connectivity index (χ2v) is 7.47. The van der Waals surface area contributed by atoms with E-state index < -0.39 is 5.91 Å². The number of carbonyl (C=O) groups excluding carboxylic acids is 2. The lowest BCUT2D eigenvalue weighted by atomic mass is 9.73. The van der Waals surface area contributed by atoms with E-state index in [9.17, 15) is 9.59 Å². The number of hydrogen-bond donors (Lipinski definition) is 2. The first-order chi connectivity index (χ1) is 11.3. The lowest BCUT2D eigenvalue weighted by molar-refractivity contribution is -0.118. The summed E-state index contributed by atoms with van der Waals surface area (Å²) in [6.45, 7) is 5.19. The summed E-state index contributed by atoms with van der Waals surface area (Å²) in [5, 5.41) is 3.04. The minimum Gasteiger partial charge on any atom is -0.387 e. The van der Waals surface area contributed by atoms with Crippen molar-refractivity contribution in [1.82, 2.24) is 0 Å². The van der Waals surface area contributed by atoms with Crippen LogP contribution in [0.5, 0.6) is 0 Å². The zero-order valence-electron chi connectivity index (χ0n) is 14.6. The van der Waals surface area contributed by atoms with Crippen molar-refractivity contribution >= 4 is 23.1 Å². The largest absolute Gasteiger partial charge is 0.387 e. The third kappa shape index (κ3) is 2.90. The monoisotopic (exact) mass is 327 g/mol. The van der Waals surface area contributed by atoms with E-state index in [0.29, 0.717) is 17.7 Å². The van der Waals surface area contributed by atoms with E-state index in [0.717, 1.165) is 42.8 Å². The number of nitrogens with zero attached hydrogens (tertiary/aromatic N) is 1. The lowest BCUT2D eigenvalue weighted by Gasteiger charge is -2.41. The highest BCUT2D eigenvalue weighted by molar-refractivity contribution is 6.00. The minimum atomic E-state index is -0.446. The number of rotatable bonds is 3. The zero-order chi connectivity index (χ0) is 17.5. The van der Waals surface area contributed by atoms with Crippen LogP contribution in [0.1, 0.15) is 49.9 Å². The Morgan fingerprint density at radius 3 is 2.71 bits per heavy atom. The molecule has 1 aliphatic heterocycles. The Morgan fingerprint density at radius 2 is 2.04 bits per heavy atom. The molecule has 5 nitrogen and oxygen atoms in total. The van der Waals surface area contributed by atoms with Gasteiger partial charge in [0.15, 0.2) is 5.78 Å². The van der Waals surface area contributed by atoms with Gasteiger partial charge in [0, 0.05) is 42.7 Å². The summed E-state index contributed by atoms with van der Waals surface area (Å²) >= 11 is 0. The quantitative estimate of drug-likeness (QED) is 0.894. The van der Waals surface area contributed by atoms with Crippen LogP contribution in [0.2, 0.25) is 0 Å². The molecule has 3 rings (SSSR count). The van der Waals surface area contributed by atoms with Crippen molar-refractivity contribution < 1.29 is 9.59 Å². The number of benzene rings is 1. The van der Waals surface area contributed by atoms with Gasteiger partial charge in [0.2, 0.25) is 0 Å². The summed E-state index contributed by atoms with van der Waals surface area (Å²) in [7, 11) is 1.78. The number of allylic oxidation sites excluding steroid dienone is 2. The van der Waals surface area contributed by atoms with E-state index in [4.69, 9.17) is 5.73 Å². The Hall–Kier alpha value is -2.30. The van der Waals surface area contributed by atoms with Crippen LogP contribution in [0.4, 0.5) is 11.4 Å². The van der Waals surface area contributed by atoms with Crippen molar-refractivity contribution in [1.29, 1.82) is 0 Å². The molecule has 1 aliphatic carbocycles. The maximum absolute atomic E-state index is 12.5. The number of ketones is 1. The maximum atomic E-state index is 12.5. The summed E-state index contributed by atoms with van der Waals surface area (Å²) < 4.78 is 0. The topological polar surface area (TPSA) is 75.4 Å². The molecule has 0 saturated carbocycles. The van der Waals surface area contributed by atoms with Crippen molar-refractivity contribution in [2.75, 3.05) is 23.8 Å². The first-order valence-electron chi connectivity index (χ1n) is 8.47. The van der Waals surface area contributed by atoms with Crippen LogP contribution in [-0.4, -0.2) is 25.3 Å². The molecule has 0 fully saturated rings. The Labute approximate surface area is 142 Å². The third-order valence-electron chi connectivity index (χ3n) is 4.95. The van der Waals surface area contributed by atoms with Crippen molar-refractivity contribution in [3.63, 3.8) is 0 Å². The fraction of sp³-hybridized carbons (Fsp3) is 0.474. The molecule has 0 saturated heterocycles. The number of carbonyl (C=O) groups is 2. The highest BCUT2D eigenvalue weighted by atomic mass is 16.1. The summed E-state index contributed by atoms with van der Waals surface area (Å²) in [4.78, 5) is 26.3. The number of primary amides is 1. The van der Waals surface area contributed by atoms with E-state index in [1.807, 2.05) is 12.1 Å². The smallest absolute Gasteiger partial charge is 0.250 e. The van der Waals surface area contributed by atoms with Crippen molar-refractivity contribution in [2.24, 2.45) is 11.1 Å². The summed E-state index contributed by atoms with van der Waals surface area (Å²) in [5.41, 5.74) is 9.76. The molecule has 0 unspecified atom stereocenters. The standard InChI is InChI=1S/C19H25N3O2/c1-19(2)10-16-14(17(23)11-19)5-4-8-22(16)12-6-7-13(18(20)24)15(9-12)21-3/h6-7,9,21H,4-5,8,10-11H2,1-3H3,(H2,20,24). The van der Waals surface area contributed by atoms with Gasteiger partial charge in [-0.2, -0.15) is 0 Å². The molecule has 0 aromatic heterocycles. The van der Waals surface area contributed by atoms with E-state index in [2.05, 4.69) is 24.1 Å². The Bertz CT molecular complexity index is 734. The van der Waals surface area contributed by atoms with Gasteiger partial charge in [0.05, 0.1) is 5.56 Å². The summed E-state index contributed by atoms with van der Waals surface area (Å²) in [6.07, 6.45) is 3.37. The minimum absolute atomic E-state index is 0.00942. The fourth-order valence-corrected chi connectivity index (χ4v) is 3.82. The van der Waals surface area contributed by atoms with Gasteiger partial charge in [-0.25, -0.2) is 0 Å². The van der Waals surface area contributed by atoms with Crippen molar-refractivity contribution in [3.05, 3.63) is 35.0 Å². The van der Waals surface area contributed by atoms with Crippen LogP contribution < -0.4 is 16.0 Å². The molecule has 5 heteroatoms. The number of anilines is 2. The second-order valence-electron chi connectivity index (χ2n) is 7.47. The van der Waals surface area contributed by atoms with Crippen LogP contribution in [0, 0.1) is 5.41 Å². The van der Waals surface area contributed by atoms with Gasteiger partial charge < -0.3 is 16.0 Å². The SMILES string of the molecule is CNc1cc(N2CCCC3=C2CC(C)(C)CC3=O)ccc1C(N)=O. The predicted molar refractivity (Wildman–Crippen MR) is 96.1 cm³/mol. The molecule has 2 aliphatic rings. The molecule has 1 heterocycles. The average Bonchev–Trinajstić information content (AvgIpc) is 2.52. The molecule has 24 heavy (non-hydrogen) atoms. The van der Waals surface area contributed by atoms with E-state index >= 15 is 0 Å². The van der Waals surface area contributed by atoms with Gasteiger partial charge in [-0.15, -0.1) is 0 Å². The van der Waals surface area contributed by atoms with E-state index in [1.165, 1.54) is 0 Å². The molecule has 0 spiro atoms. The Morgan fingerprint density at radius 1 is 1.29 bits per heavy atom. The number of nitrogens with two attached hydrogens (primary N) is 1. The van der Waals surface area contributed by atoms with Crippen LogP contribution in [0.25, 0.3) is 0 Å². The maximum Gasteiger partial charge on any atom is 0.250 e. The zero-order valence-corrected chi connectivity index (χ0v) is 14.6.